The number of thiazole rings is 1. The third-order valence-corrected chi connectivity index (χ3v) is 6.70. The van der Waals surface area contributed by atoms with Crippen LogP contribution in [0.3, 0.4) is 0 Å². The average Bonchev–Trinajstić information content (AvgIpc) is 3.44. The van der Waals surface area contributed by atoms with Gasteiger partial charge in [0.25, 0.3) is 0 Å². The van der Waals surface area contributed by atoms with Crippen LogP contribution in [0.25, 0.3) is 17.1 Å². The van der Waals surface area contributed by atoms with Crippen LogP contribution in [-0.4, -0.2) is 30.9 Å². The summed E-state index contributed by atoms with van der Waals surface area (Å²) in [4.78, 5) is 16.8. The van der Waals surface area contributed by atoms with Gasteiger partial charge < -0.3 is 5.32 Å². The maximum absolute atomic E-state index is 12.6. The van der Waals surface area contributed by atoms with Gasteiger partial charge in [-0.05, 0) is 30.0 Å². The first-order valence-corrected chi connectivity index (χ1v) is 12.1. The minimum atomic E-state index is -0.373. The Bertz CT molecular complexity index is 1180. The van der Waals surface area contributed by atoms with Gasteiger partial charge in [-0.15, -0.1) is 21.5 Å². The van der Waals surface area contributed by atoms with Crippen LogP contribution in [0, 0.1) is 0 Å². The van der Waals surface area contributed by atoms with Gasteiger partial charge in [-0.1, -0.05) is 75.0 Å². The first-order chi connectivity index (χ1) is 15.3. The molecule has 4 aromatic rings. The Morgan fingerprint density at radius 1 is 1.06 bits per heavy atom. The van der Waals surface area contributed by atoms with E-state index in [0.717, 1.165) is 17.1 Å². The lowest BCUT2D eigenvalue weighted by Crippen LogP contribution is -2.22. The minimum absolute atomic E-state index is 0.0762. The van der Waals surface area contributed by atoms with Crippen LogP contribution in [0.5, 0.6) is 0 Å². The van der Waals surface area contributed by atoms with Gasteiger partial charge in [-0.25, -0.2) is 4.98 Å². The van der Waals surface area contributed by atoms with Crippen molar-refractivity contribution in [3.05, 3.63) is 71.7 Å². The number of nitrogens with one attached hydrogen (secondary N) is 1. The molecule has 1 atom stereocenters. The molecule has 0 radical (unpaired) electrons. The molecule has 164 valence electrons. The molecule has 8 heteroatoms. The molecule has 0 aliphatic heterocycles. The maximum Gasteiger partial charge on any atom is 0.239 e. The second-order valence-electron chi connectivity index (χ2n) is 8.39. The highest BCUT2D eigenvalue weighted by atomic mass is 32.2. The Morgan fingerprint density at radius 2 is 1.78 bits per heavy atom. The highest BCUT2D eigenvalue weighted by molar-refractivity contribution is 8.00. The van der Waals surface area contributed by atoms with Gasteiger partial charge in [0, 0.05) is 22.8 Å². The molecular formula is C24H25N5OS2. The molecule has 2 heterocycles. The lowest BCUT2D eigenvalue weighted by Gasteiger charge is -2.19. The number of carbonyl (C=O) groups excluding carboxylic acids is 1. The van der Waals surface area contributed by atoms with E-state index in [1.165, 1.54) is 28.7 Å². The van der Waals surface area contributed by atoms with Crippen molar-refractivity contribution in [2.45, 2.75) is 43.5 Å². The maximum atomic E-state index is 12.6. The molecule has 0 aliphatic rings. The molecule has 1 amide bonds. The highest BCUT2D eigenvalue weighted by Crippen LogP contribution is 2.32. The van der Waals surface area contributed by atoms with E-state index in [2.05, 4.69) is 65.5 Å². The van der Waals surface area contributed by atoms with Gasteiger partial charge in [0.05, 0.1) is 5.25 Å². The van der Waals surface area contributed by atoms with Crippen LogP contribution >= 0.6 is 23.1 Å². The van der Waals surface area contributed by atoms with Crippen molar-refractivity contribution in [3.63, 3.8) is 0 Å². The van der Waals surface area contributed by atoms with E-state index in [0.29, 0.717) is 10.3 Å². The Kier molecular flexibility index (Phi) is 6.43. The van der Waals surface area contributed by atoms with E-state index in [9.17, 15) is 4.79 Å². The van der Waals surface area contributed by atoms with Crippen molar-refractivity contribution < 1.29 is 4.79 Å². The zero-order valence-electron chi connectivity index (χ0n) is 18.4. The molecule has 0 unspecified atom stereocenters. The highest BCUT2D eigenvalue weighted by Gasteiger charge is 2.23. The van der Waals surface area contributed by atoms with E-state index in [1.54, 1.807) is 6.20 Å². The van der Waals surface area contributed by atoms with E-state index in [4.69, 9.17) is 0 Å². The first kappa shape index (κ1) is 22.2. The van der Waals surface area contributed by atoms with Crippen LogP contribution in [0.2, 0.25) is 0 Å². The summed E-state index contributed by atoms with van der Waals surface area (Å²) in [7, 11) is 0. The van der Waals surface area contributed by atoms with Gasteiger partial charge in [0.1, 0.15) is 0 Å². The van der Waals surface area contributed by atoms with Gasteiger partial charge in [-0.3, -0.25) is 9.36 Å². The van der Waals surface area contributed by atoms with Crippen molar-refractivity contribution in [3.8, 4) is 17.1 Å². The normalized spacial score (nSPS) is 12.5. The number of hydrogen-bond acceptors (Lipinski definition) is 6. The second-order valence-corrected chi connectivity index (χ2v) is 10.6. The molecule has 2 aromatic carbocycles. The molecule has 6 nitrogen and oxygen atoms in total. The molecule has 0 aliphatic carbocycles. The molecular weight excluding hydrogens is 438 g/mol. The molecule has 0 saturated carbocycles. The predicted octanol–water partition coefficient (Wildman–Crippen LogP) is 5.81. The summed E-state index contributed by atoms with van der Waals surface area (Å²) in [6.45, 7) is 8.44. The predicted molar refractivity (Wildman–Crippen MR) is 132 cm³/mol. The summed E-state index contributed by atoms with van der Waals surface area (Å²) >= 11 is 2.77. The number of benzene rings is 2. The smallest absolute Gasteiger partial charge is 0.239 e. The van der Waals surface area contributed by atoms with E-state index >= 15 is 0 Å². The lowest BCUT2D eigenvalue weighted by molar-refractivity contribution is -0.115. The fraction of sp³-hybridized carbons (Fsp3) is 0.250. The number of carbonyl (C=O) groups is 1. The van der Waals surface area contributed by atoms with Crippen LogP contribution in [0.4, 0.5) is 5.13 Å². The number of anilines is 1. The number of para-hydroxylation sites is 1. The Hall–Kier alpha value is -2.97. The summed E-state index contributed by atoms with van der Waals surface area (Å²) in [5.41, 5.74) is 3.25. The number of aromatic nitrogens is 4. The van der Waals surface area contributed by atoms with Crippen molar-refractivity contribution in [1.82, 2.24) is 19.7 Å². The molecule has 2 aromatic heterocycles. The molecule has 0 fully saturated rings. The summed E-state index contributed by atoms with van der Waals surface area (Å²) < 4.78 is 2.00. The summed E-state index contributed by atoms with van der Waals surface area (Å²) in [6, 6.07) is 18.4. The van der Waals surface area contributed by atoms with Crippen LogP contribution in [-0.2, 0) is 10.2 Å². The van der Waals surface area contributed by atoms with Gasteiger partial charge in [-0.2, -0.15) is 0 Å². The summed E-state index contributed by atoms with van der Waals surface area (Å²) in [5, 5.41) is 14.5. The average molecular weight is 464 g/mol. The van der Waals surface area contributed by atoms with Crippen molar-refractivity contribution in [2.24, 2.45) is 0 Å². The lowest BCUT2D eigenvalue weighted by atomic mass is 9.87. The van der Waals surface area contributed by atoms with Crippen LogP contribution in [0.15, 0.2) is 71.3 Å². The SMILES string of the molecule is C[C@@H](Sc1nnc(-c2ccc(C(C)(C)C)cc2)n1-c1ccccc1)C(=O)Nc1nccs1. The van der Waals surface area contributed by atoms with Crippen LogP contribution < -0.4 is 5.32 Å². The zero-order chi connectivity index (χ0) is 22.7. The van der Waals surface area contributed by atoms with E-state index < -0.39 is 0 Å². The van der Waals surface area contributed by atoms with E-state index in [1.807, 2.05) is 47.2 Å². The molecule has 32 heavy (non-hydrogen) atoms. The summed E-state index contributed by atoms with van der Waals surface area (Å²) in [6.07, 6.45) is 1.67. The van der Waals surface area contributed by atoms with Gasteiger partial charge in [0.2, 0.25) is 5.91 Å². The second kappa shape index (κ2) is 9.26. The quantitative estimate of drug-likeness (QED) is 0.366. The number of hydrogen-bond donors (Lipinski definition) is 1. The first-order valence-electron chi connectivity index (χ1n) is 10.3. The van der Waals surface area contributed by atoms with Crippen molar-refractivity contribution in [1.29, 1.82) is 0 Å². The topological polar surface area (TPSA) is 72.7 Å². The fourth-order valence-electron chi connectivity index (χ4n) is 3.17. The standard InChI is InChI=1S/C24H25N5OS2/c1-16(21(30)26-22-25-14-15-31-22)32-23-28-27-20(29(23)19-8-6-5-7-9-19)17-10-12-18(13-11-17)24(2,3)4/h5-16H,1-4H3,(H,25,26,30)/t16-/m1/s1. The molecule has 0 bridgehead atoms. The Balaban J connectivity index is 1.66. The number of thioether (sulfide) groups is 1. The molecule has 0 saturated heterocycles. The third kappa shape index (κ3) is 4.92. The third-order valence-electron chi connectivity index (χ3n) is 4.97. The Morgan fingerprint density at radius 3 is 2.41 bits per heavy atom. The number of amides is 1. The Labute approximate surface area is 196 Å². The fourth-order valence-corrected chi connectivity index (χ4v) is 4.57. The van der Waals surface area contributed by atoms with E-state index in [-0.39, 0.29) is 16.6 Å². The van der Waals surface area contributed by atoms with Gasteiger partial charge >= 0.3 is 0 Å². The minimum Gasteiger partial charge on any atom is -0.301 e. The number of nitrogens with zero attached hydrogens (tertiary/aromatic N) is 4. The largest absolute Gasteiger partial charge is 0.301 e. The zero-order valence-corrected chi connectivity index (χ0v) is 20.1. The molecule has 0 spiro atoms. The molecule has 1 N–H and O–H groups in total. The van der Waals surface area contributed by atoms with Crippen molar-refractivity contribution >= 4 is 34.1 Å². The molecule has 4 rings (SSSR count). The van der Waals surface area contributed by atoms with Crippen molar-refractivity contribution in [2.75, 3.05) is 5.32 Å². The number of rotatable bonds is 6. The monoisotopic (exact) mass is 463 g/mol. The summed E-state index contributed by atoms with van der Waals surface area (Å²) in [5.74, 6) is 0.621. The van der Waals surface area contributed by atoms with Gasteiger partial charge in [0.15, 0.2) is 16.1 Å². The van der Waals surface area contributed by atoms with Crippen LogP contribution in [0.1, 0.15) is 33.3 Å².